The molecule has 4 rings (SSSR count). The zero-order valence-corrected chi connectivity index (χ0v) is 24.9. The summed E-state index contributed by atoms with van der Waals surface area (Å²) in [5.41, 5.74) is 2.59. The van der Waals surface area contributed by atoms with E-state index in [4.69, 9.17) is 9.99 Å². The van der Waals surface area contributed by atoms with Crippen molar-refractivity contribution in [2.24, 2.45) is 0 Å². The maximum Gasteiger partial charge on any atom is 0.472 e. The average molecular weight is 582 g/mol. The van der Waals surface area contributed by atoms with Crippen molar-refractivity contribution in [2.45, 2.75) is 44.9 Å². The monoisotopic (exact) mass is 581 g/mol. The van der Waals surface area contributed by atoms with Gasteiger partial charge < -0.3 is 4.89 Å². The Balaban J connectivity index is 0.000000424. The first-order chi connectivity index (χ1) is 19.3. The van der Waals surface area contributed by atoms with Gasteiger partial charge in [0.25, 0.3) is 0 Å². The first-order valence-electron chi connectivity index (χ1n) is 13.2. The quantitative estimate of drug-likeness (QED) is 0.149. The molecule has 0 amide bonds. The van der Waals surface area contributed by atoms with Crippen LogP contribution in [0.5, 0.6) is 0 Å². The molecule has 1 aromatic heterocycles. The van der Waals surface area contributed by atoms with E-state index >= 15 is 0 Å². The van der Waals surface area contributed by atoms with Gasteiger partial charge in [0.2, 0.25) is 0 Å². The van der Waals surface area contributed by atoms with Crippen molar-refractivity contribution in [1.29, 1.82) is 0 Å². The number of benzene rings is 3. The van der Waals surface area contributed by atoms with Crippen molar-refractivity contribution in [1.82, 2.24) is 14.8 Å². The molecule has 0 spiro atoms. The molecule has 10 heteroatoms. The van der Waals surface area contributed by atoms with E-state index < -0.39 is 13.4 Å². The van der Waals surface area contributed by atoms with Crippen molar-refractivity contribution in [3.05, 3.63) is 120 Å². The molecule has 1 unspecified atom stereocenters. The molecular formula is C30H36N3O5PS. The Morgan fingerprint density at radius 3 is 1.65 bits per heavy atom. The summed E-state index contributed by atoms with van der Waals surface area (Å²) in [4.78, 5) is 25.0. The summed E-state index contributed by atoms with van der Waals surface area (Å²) < 4.78 is 21.2. The Labute approximate surface area is 240 Å². The van der Waals surface area contributed by atoms with Gasteiger partial charge in [-0.2, -0.15) is 5.10 Å². The van der Waals surface area contributed by atoms with Crippen LogP contribution in [0.1, 0.15) is 61.9 Å². The summed E-state index contributed by atoms with van der Waals surface area (Å²) in [6.07, 6.45) is 2.58. The molecule has 0 bridgehead atoms. The van der Waals surface area contributed by atoms with Gasteiger partial charge in [-0.25, -0.2) is 14.2 Å². The maximum absolute atomic E-state index is 11.8. The molecule has 0 saturated heterocycles. The van der Waals surface area contributed by atoms with Crippen molar-refractivity contribution in [3.8, 4) is 0 Å². The van der Waals surface area contributed by atoms with Crippen molar-refractivity contribution in [3.63, 3.8) is 0 Å². The van der Waals surface area contributed by atoms with Crippen LogP contribution in [-0.4, -0.2) is 38.0 Å². The lowest BCUT2D eigenvalue weighted by atomic mass is 9.77. The van der Waals surface area contributed by atoms with E-state index in [0.717, 1.165) is 23.1 Å². The van der Waals surface area contributed by atoms with Crippen molar-refractivity contribution >= 4 is 24.7 Å². The predicted molar refractivity (Wildman–Crippen MR) is 159 cm³/mol. The van der Waals surface area contributed by atoms with Gasteiger partial charge >= 0.3 is 7.82 Å². The summed E-state index contributed by atoms with van der Waals surface area (Å²) in [6, 6.07) is 31.1. The number of hydrogen-bond donors (Lipinski definition) is 1. The van der Waals surface area contributed by atoms with E-state index in [9.17, 15) is 9.36 Å². The van der Waals surface area contributed by atoms with E-state index in [-0.39, 0.29) is 23.6 Å². The molecule has 40 heavy (non-hydrogen) atoms. The van der Waals surface area contributed by atoms with Gasteiger partial charge in [0, 0.05) is 6.92 Å². The minimum absolute atomic E-state index is 0.0706. The van der Waals surface area contributed by atoms with Crippen LogP contribution < -0.4 is 0 Å². The molecule has 0 fully saturated rings. The summed E-state index contributed by atoms with van der Waals surface area (Å²) in [5, 5.41) is 4.97. The van der Waals surface area contributed by atoms with Crippen LogP contribution in [0.3, 0.4) is 0 Å². The Hall–Kier alpha value is -3.07. The fraction of sp³-hybridized carbons (Fsp3) is 0.300. The highest BCUT2D eigenvalue weighted by atomic mass is 32.2. The van der Waals surface area contributed by atoms with Gasteiger partial charge in [0.05, 0.1) is 18.5 Å². The Kier molecular flexibility index (Phi) is 11.9. The smallest absolute Gasteiger partial charge is 0.302 e. The van der Waals surface area contributed by atoms with Crippen LogP contribution in [0, 0.1) is 0 Å². The Morgan fingerprint density at radius 2 is 1.30 bits per heavy atom. The van der Waals surface area contributed by atoms with E-state index in [1.165, 1.54) is 11.8 Å². The second kappa shape index (κ2) is 15.1. The van der Waals surface area contributed by atoms with Gasteiger partial charge in [-0.1, -0.05) is 110 Å². The zero-order chi connectivity index (χ0) is 29.0. The summed E-state index contributed by atoms with van der Waals surface area (Å²) in [7, 11) is -3.69. The number of aromatic nitrogens is 3. The fourth-order valence-corrected chi connectivity index (χ4v) is 5.91. The van der Waals surface area contributed by atoms with E-state index in [1.54, 1.807) is 27.1 Å². The molecule has 1 N–H and O–H groups in total. The highest BCUT2D eigenvalue weighted by Crippen LogP contribution is 2.42. The number of hydrogen-bond acceptors (Lipinski definition) is 7. The van der Waals surface area contributed by atoms with Crippen LogP contribution in [-0.2, 0) is 23.9 Å². The molecular weight excluding hydrogens is 545 g/mol. The van der Waals surface area contributed by atoms with E-state index in [2.05, 4.69) is 57.4 Å². The summed E-state index contributed by atoms with van der Waals surface area (Å²) in [5.74, 6) is 0.676. The van der Waals surface area contributed by atoms with Gasteiger partial charge in [-0.3, -0.25) is 13.8 Å². The van der Waals surface area contributed by atoms with Gasteiger partial charge in [-0.15, -0.1) is 0 Å². The average Bonchev–Trinajstić information content (AvgIpc) is 3.44. The number of nitrogens with zero attached hydrogens (tertiary/aromatic N) is 3. The van der Waals surface area contributed by atoms with Crippen molar-refractivity contribution < 1.29 is 23.3 Å². The molecule has 0 aliphatic heterocycles. The molecule has 0 aliphatic rings. The molecule has 0 aliphatic carbocycles. The van der Waals surface area contributed by atoms with E-state index in [0.29, 0.717) is 5.82 Å². The van der Waals surface area contributed by atoms with E-state index in [1.807, 2.05) is 59.3 Å². The highest BCUT2D eigenvalue weighted by molar-refractivity contribution is 8.13. The number of phosphoric ester groups is 1. The van der Waals surface area contributed by atoms with Gasteiger partial charge in [0.1, 0.15) is 11.9 Å². The third-order valence-corrected chi connectivity index (χ3v) is 8.31. The normalized spacial score (nSPS) is 12.3. The third-order valence-electron chi connectivity index (χ3n) is 5.98. The number of phosphoric acid groups is 1. The molecule has 0 saturated carbocycles. The molecule has 4 aromatic rings. The highest BCUT2D eigenvalue weighted by Gasteiger charge is 2.40. The maximum atomic E-state index is 11.8. The van der Waals surface area contributed by atoms with Crippen LogP contribution in [0.4, 0.5) is 0 Å². The lowest BCUT2D eigenvalue weighted by molar-refractivity contribution is -0.109. The SMILES string of the molecule is CCC(SC(C)=O)c1ncn(C(c2ccccc2)(c2ccccc2)c2ccccc2)n1.CCOP(=O)(O)OCC. The number of carbonyl (C=O) groups is 1. The molecule has 212 valence electrons. The van der Waals surface area contributed by atoms with Crippen LogP contribution in [0.25, 0.3) is 0 Å². The van der Waals surface area contributed by atoms with Crippen LogP contribution in [0.15, 0.2) is 97.3 Å². The van der Waals surface area contributed by atoms with Crippen LogP contribution >= 0.6 is 19.6 Å². The van der Waals surface area contributed by atoms with Crippen molar-refractivity contribution in [2.75, 3.05) is 13.2 Å². The largest absolute Gasteiger partial charge is 0.472 e. The standard InChI is InChI=1S/C26H25N3OS.C4H11O4P/c1-3-24(31-20(2)30)25-27-19-29(28-25)26(21-13-7-4-8-14-21,22-15-9-5-10-16-22)23-17-11-6-12-18-23;1-3-7-9(5,6)8-4-2/h4-19,24H,3H2,1-2H3;3-4H2,1-2H3,(H,5,6). The predicted octanol–water partition coefficient (Wildman–Crippen LogP) is 7.01. The Bertz CT molecular complexity index is 1260. The first-order valence-corrected chi connectivity index (χ1v) is 15.5. The molecule has 8 nitrogen and oxygen atoms in total. The molecule has 1 heterocycles. The van der Waals surface area contributed by atoms with Gasteiger partial charge in [0.15, 0.2) is 10.9 Å². The first kappa shape index (κ1) is 31.5. The Morgan fingerprint density at radius 1 is 0.875 bits per heavy atom. The minimum Gasteiger partial charge on any atom is -0.302 e. The second-order valence-electron chi connectivity index (χ2n) is 8.67. The summed E-state index contributed by atoms with van der Waals surface area (Å²) >= 11 is 1.29. The fourth-order valence-electron chi connectivity index (χ4n) is 4.40. The topological polar surface area (TPSA) is 104 Å². The number of thioether (sulfide) groups is 1. The summed E-state index contributed by atoms with van der Waals surface area (Å²) in [6.45, 7) is 7.28. The molecule has 3 aromatic carbocycles. The van der Waals surface area contributed by atoms with Gasteiger partial charge in [-0.05, 0) is 37.0 Å². The molecule has 1 atom stereocenters. The minimum atomic E-state index is -3.69. The zero-order valence-electron chi connectivity index (χ0n) is 23.2. The third kappa shape index (κ3) is 7.77. The molecule has 0 radical (unpaired) electrons. The number of rotatable bonds is 11. The lowest BCUT2D eigenvalue weighted by Gasteiger charge is -2.35. The second-order valence-corrected chi connectivity index (χ2v) is 11.5. The lowest BCUT2D eigenvalue weighted by Crippen LogP contribution is -2.38. The number of carbonyl (C=O) groups excluding carboxylic acids is 1. The van der Waals surface area contributed by atoms with Crippen LogP contribution in [0.2, 0.25) is 0 Å².